The van der Waals surface area contributed by atoms with Gasteiger partial charge in [-0.05, 0) is 68.2 Å². The predicted molar refractivity (Wildman–Crippen MR) is 115 cm³/mol. The monoisotopic (exact) mass is 404 g/mol. The highest BCUT2D eigenvalue weighted by molar-refractivity contribution is 5.98. The van der Waals surface area contributed by atoms with Crippen molar-refractivity contribution in [3.63, 3.8) is 0 Å². The number of aryl methyl sites for hydroxylation is 3. The Balaban J connectivity index is 1.30. The summed E-state index contributed by atoms with van der Waals surface area (Å²) in [6, 6.07) is 8.84. The number of ether oxygens (including phenoxy) is 1. The number of nitrogens with zero attached hydrogens (tertiary/aromatic N) is 3. The second-order valence-corrected chi connectivity index (χ2v) is 8.46. The van der Waals surface area contributed by atoms with Crippen molar-refractivity contribution in [2.45, 2.75) is 51.4 Å². The van der Waals surface area contributed by atoms with Crippen LogP contribution in [0.1, 0.15) is 63.7 Å². The van der Waals surface area contributed by atoms with Crippen molar-refractivity contribution < 1.29 is 9.53 Å². The molecule has 5 rings (SSSR count). The quantitative estimate of drug-likeness (QED) is 0.708. The molecule has 2 aromatic heterocycles. The molecule has 1 N–H and O–H groups in total. The lowest BCUT2D eigenvalue weighted by atomic mass is 9.96. The highest BCUT2D eigenvalue weighted by Gasteiger charge is 2.21. The van der Waals surface area contributed by atoms with Crippen molar-refractivity contribution in [3.8, 4) is 0 Å². The number of rotatable bonds is 5. The molecule has 2 aliphatic rings. The Hall–Kier alpha value is -2.73. The number of amides is 1. The van der Waals surface area contributed by atoms with Crippen molar-refractivity contribution >= 4 is 11.6 Å². The van der Waals surface area contributed by atoms with Gasteiger partial charge in [0.05, 0.1) is 0 Å². The normalized spacial score (nSPS) is 16.7. The molecule has 1 fully saturated rings. The van der Waals surface area contributed by atoms with Gasteiger partial charge in [0, 0.05) is 37.1 Å². The highest BCUT2D eigenvalue weighted by atomic mass is 16.5. The smallest absolute Gasteiger partial charge is 0.273 e. The van der Waals surface area contributed by atoms with Crippen molar-refractivity contribution in [3.05, 3.63) is 64.4 Å². The molecule has 6 heteroatoms. The van der Waals surface area contributed by atoms with E-state index in [4.69, 9.17) is 9.72 Å². The zero-order valence-electron chi connectivity index (χ0n) is 17.5. The van der Waals surface area contributed by atoms with Crippen LogP contribution in [0.25, 0.3) is 5.65 Å². The van der Waals surface area contributed by atoms with Gasteiger partial charge < -0.3 is 10.1 Å². The molecule has 1 aromatic carbocycles. The summed E-state index contributed by atoms with van der Waals surface area (Å²) in [6.45, 7) is 4.17. The van der Waals surface area contributed by atoms with Gasteiger partial charge in [0.15, 0.2) is 11.3 Å². The Bertz CT molecular complexity index is 1080. The number of hydrogen-bond donors (Lipinski definition) is 1. The molecule has 3 aromatic rings. The predicted octanol–water partition coefficient (Wildman–Crippen LogP) is 3.39. The number of carbonyl (C=O) groups is 1. The van der Waals surface area contributed by atoms with Gasteiger partial charge in [-0.1, -0.05) is 18.2 Å². The lowest BCUT2D eigenvalue weighted by molar-refractivity contribution is 0.0845. The Morgan fingerprint density at radius 1 is 1.20 bits per heavy atom. The molecule has 0 saturated carbocycles. The zero-order valence-corrected chi connectivity index (χ0v) is 17.5. The third-order valence-corrected chi connectivity index (χ3v) is 6.43. The second kappa shape index (κ2) is 8.19. The molecular formula is C24H28N4O2. The minimum atomic E-state index is -0.158. The van der Waals surface area contributed by atoms with E-state index in [0.717, 1.165) is 43.9 Å². The summed E-state index contributed by atoms with van der Waals surface area (Å²) in [5.41, 5.74) is 7.37. The Kier molecular flexibility index (Phi) is 5.25. The van der Waals surface area contributed by atoms with E-state index < -0.39 is 0 Å². The summed E-state index contributed by atoms with van der Waals surface area (Å²) in [5.74, 6) is 0.225. The van der Waals surface area contributed by atoms with Crippen molar-refractivity contribution in [2.75, 3.05) is 19.8 Å². The van der Waals surface area contributed by atoms with Crippen LogP contribution in [0.2, 0.25) is 0 Å². The Labute approximate surface area is 176 Å². The van der Waals surface area contributed by atoms with Crippen LogP contribution in [0.4, 0.5) is 0 Å². The minimum Gasteiger partial charge on any atom is -0.381 e. The summed E-state index contributed by atoms with van der Waals surface area (Å²) < 4.78 is 7.38. The van der Waals surface area contributed by atoms with Gasteiger partial charge >= 0.3 is 0 Å². The SMILES string of the molecule is Cc1cc(C2CCOCC2)nc2c(C(=O)NCCc3ccc4c(c3)CCC4)ncn12. The number of hydrogen-bond acceptors (Lipinski definition) is 4. The number of benzene rings is 1. The number of carbonyl (C=O) groups excluding carboxylic acids is 1. The maximum absolute atomic E-state index is 12.8. The van der Waals surface area contributed by atoms with Crippen LogP contribution in [-0.2, 0) is 24.0 Å². The molecule has 0 unspecified atom stereocenters. The van der Waals surface area contributed by atoms with E-state index in [1.165, 1.54) is 36.0 Å². The van der Waals surface area contributed by atoms with E-state index in [9.17, 15) is 4.79 Å². The topological polar surface area (TPSA) is 68.5 Å². The molecule has 1 amide bonds. The first kappa shape index (κ1) is 19.2. The van der Waals surface area contributed by atoms with Crippen LogP contribution in [-0.4, -0.2) is 40.0 Å². The minimum absolute atomic E-state index is 0.158. The molecule has 0 radical (unpaired) electrons. The van der Waals surface area contributed by atoms with Crippen LogP contribution in [0.5, 0.6) is 0 Å². The Morgan fingerprint density at radius 3 is 2.90 bits per heavy atom. The lowest BCUT2D eigenvalue weighted by Crippen LogP contribution is -2.26. The van der Waals surface area contributed by atoms with E-state index >= 15 is 0 Å². The van der Waals surface area contributed by atoms with Gasteiger partial charge in [-0.25, -0.2) is 9.97 Å². The fourth-order valence-electron chi connectivity index (χ4n) is 4.69. The van der Waals surface area contributed by atoms with E-state index in [-0.39, 0.29) is 5.91 Å². The summed E-state index contributed by atoms with van der Waals surface area (Å²) in [4.78, 5) is 22.1. The third kappa shape index (κ3) is 3.72. The molecular weight excluding hydrogens is 376 g/mol. The van der Waals surface area contributed by atoms with Gasteiger partial charge in [0.25, 0.3) is 5.91 Å². The molecule has 6 nitrogen and oxygen atoms in total. The summed E-state index contributed by atoms with van der Waals surface area (Å²) in [6.07, 6.45) is 8.09. The van der Waals surface area contributed by atoms with Gasteiger partial charge in [0.2, 0.25) is 0 Å². The first-order valence-electron chi connectivity index (χ1n) is 11.0. The lowest BCUT2D eigenvalue weighted by Gasteiger charge is -2.22. The van der Waals surface area contributed by atoms with Gasteiger partial charge in [-0.3, -0.25) is 9.20 Å². The van der Waals surface area contributed by atoms with Crippen LogP contribution >= 0.6 is 0 Å². The van der Waals surface area contributed by atoms with Crippen LogP contribution in [0.3, 0.4) is 0 Å². The van der Waals surface area contributed by atoms with Gasteiger partial charge in [-0.15, -0.1) is 0 Å². The first-order valence-corrected chi connectivity index (χ1v) is 11.0. The Morgan fingerprint density at radius 2 is 2.03 bits per heavy atom. The largest absolute Gasteiger partial charge is 0.381 e. The molecule has 156 valence electrons. The second-order valence-electron chi connectivity index (χ2n) is 8.46. The molecule has 1 saturated heterocycles. The van der Waals surface area contributed by atoms with E-state index in [1.54, 1.807) is 6.33 Å². The molecule has 0 bridgehead atoms. The third-order valence-electron chi connectivity index (χ3n) is 6.43. The average molecular weight is 405 g/mol. The van der Waals surface area contributed by atoms with Crippen LogP contribution in [0, 0.1) is 6.92 Å². The molecule has 1 aliphatic carbocycles. The molecule has 30 heavy (non-hydrogen) atoms. The molecule has 1 aliphatic heterocycles. The number of nitrogens with one attached hydrogen (secondary N) is 1. The van der Waals surface area contributed by atoms with E-state index in [1.807, 2.05) is 11.3 Å². The summed E-state index contributed by atoms with van der Waals surface area (Å²) >= 11 is 0. The maximum Gasteiger partial charge on any atom is 0.273 e. The van der Waals surface area contributed by atoms with Crippen molar-refractivity contribution in [1.29, 1.82) is 0 Å². The van der Waals surface area contributed by atoms with E-state index in [0.29, 0.717) is 23.8 Å². The number of aromatic nitrogens is 3. The van der Waals surface area contributed by atoms with Crippen molar-refractivity contribution in [1.82, 2.24) is 19.7 Å². The summed E-state index contributed by atoms with van der Waals surface area (Å²) in [7, 11) is 0. The van der Waals surface area contributed by atoms with E-state index in [2.05, 4.69) is 34.6 Å². The van der Waals surface area contributed by atoms with Crippen LogP contribution in [0.15, 0.2) is 30.6 Å². The molecule has 3 heterocycles. The number of imidazole rings is 1. The molecule has 0 atom stereocenters. The van der Waals surface area contributed by atoms with Gasteiger partial charge in [0.1, 0.15) is 6.33 Å². The first-order chi connectivity index (χ1) is 14.7. The zero-order chi connectivity index (χ0) is 20.5. The fourth-order valence-corrected chi connectivity index (χ4v) is 4.69. The van der Waals surface area contributed by atoms with Gasteiger partial charge in [-0.2, -0.15) is 0 Å². The average Bonchev–Trinajstić information content (AvgIpc) is 3.41. The fraction of sp³-hybridized carbons (Fsp3) is 0.458. The standard InChI is InChI=1S/C24H28N4O2/c1-16-13-21(19-8-11-30-12-9-19)27-23-22(26-15-28(16)23)24(29)25-10-7-17-5-6-18-3-2-4-20(18)14-17/h5-6,13-15,19H,2-4,7-12H2,1H3,(H,25,29). The van der Waals surface area contributed by atoms with Crippen LogP contribution < -0.4 is 5.32 Å². The summed E-state index contributed by atoms with van der Waals surface area (Å²) in [5, 5.41) is 3.04. The van der Waals surface area contributed by atoms with Crippen molar-refractivity contribution in [2.24, 2.45) is 0 Å². The molecule has 0 spiro atoms. The highest BCUT2D eigenvalue weighted by Crippen LogP contribution is 2.27. The number of fused-ring (bicyclic) bond motifs is 2. The maximum atomic E-state index is 12.8.